The Bertz CT molecular complexity index is 683. The summed E-state index contributed by atoms with van der Waals surface area (Å²) in [5.41, 5.74) is 8.03. The second-order valence-electron chi connectivity index (χ2n) is 9.28. The van der Waals surface area contributed by atoms with Crippen molar-refractivity contribution >= 4 is 6.03 Å². The van der Waals surface area contributed by atoms with E-state index >= 15 is 0 Å². The van der Waals surface area contributed by atoms with Gasteiger partial charge in [-0.25, -0.2) is 4.79 Å². The third-order valence-electron chi connectivity index (χ3n) is 7.27. The quantitative estimate of drug-likeness (QED) is 0.747. The molecule has 4 aliphatic heterocycles. The van der Waals surface area contributed by atoms with Gasteiger partial charge in [0, 0.05) is 50.8 Å². The van der Waals surface area contributed by atoms with Gasteiger partial charge >= 0.3 is 6.03 Å². The van der Waals surface area contributed by atoms with Gasteiger partial charge in [0.2, 0.25) is 0 Å². The van der Waals surface area contributed by atoms with Crippen LogP contribution in [0.2, 0.25) is 0 Å². The number of nitrogens with zero attached hydrogens (tertiary/aromatic N) is 2. The van der Waals surface area contributed by atoms with E-state index in [0.29, 0.717) is 24.0 Å². The number of fused-ring (bicyclic) bond motifs is 5. The molecule has 2 bridgehead atoms. The van der Waals surface area contributed by atoms with Crippen LogP contribution >= 0.6 is 0 Å². The van der Waals surface area contributed by atoms with E-state index in [1.54, 1.807) is 0 Å². The van der Waals surface area contributed by atoms with Crippen molar-refractivity contribution in [2.75, 3.05) is 26.2 Å². The van der Waals surface area contributed by atoms with Gasteiger partial charge in [-0.2, -0.15) is 0 Å². The second kappa shape index (κ2) is 8.01. The third kappa shape index (κ3) is 3.91. The number of urea groups is 1. The van der Waals surface area contributed by atoms with Crippen LogP contribution < -0.4 is 16.2 Å². The van der Waals surface area contributed by atoms with Crippen molar-refractivity contribution in [2.24, 2.45) is 11.8 Å². The molecule has 0 spiro atoms. The predicted molar refractivity (Wildman–Crippen MR) is 110 cm³/mol. The molecule has 6 heteroatoms. The number of nitrogens with one attached hydrogen (secondary N) is 3. The largest absolute Gasteiger partial charge is 0.335 e. The number of carbonyl (C=O) groups is 1. The first-order valence-electron chi connectivity index (χ1n) is 11.1. The minimum Gasteiger partial charge on any atom is -0.335 e. The highest BCUT2D eigenvalue weighted by Gasteiger charge is 2.39. The Labute approximate surface area is 168 Å². The molecular weight excluding hydrogens is 350 g/mol. The molecular formula is C22H33N5O. The number of hydrogen-bond acceptors (Lipinski definition) is 4. The summed E-state index contributed by atoms with van der Waals surface area (Å²) in [6, 6.07) is 12.1. The van der Waals surface area contributed by atoms with Crippen LogP contribution in [0.1, 0.15) is 37.7 Å². The lowest BCUT2D eigenvalue weighted by atomic mass is 9.83. The molecule has 28 heavy (non-hydrogen) atoms. The summed E-state index contributed by atoms with van der Waals surface area (Å²) >= 11 is 0. The zero-order chi connectivity index (χ0) is 18.9. The molecule has 2 amide bonds. The molecule has 3 N–H and O–H groups in total. The van der Waals surface area contributed by atoms with Crippen molar-refractivity contribution in [1.82, 2.24) is 26.0 Å². The molecule has 4 saturated heterocycles. The van der Waals surface area contributed by atoms with Crippen LogP contribution in [0, 0.1) is 11.8 Å². The minimum atomic E-state index is 0.172. The van der Waals surface area contributed by atoms with Gasteiger partial charge in [-0.15, -0.1) is 0 Å². The Morgan fingerprint density at radius 1 is 1.07 bits per heavy atom. The van der Waals surface area contributed by atoms with Crippen LogP contribution in [-0.2, 0) is 6.54 Å². The third-order valence-corrected chi connectivity index (χ3v) is 7.27. The van der Waals surface area contributed by atoms with E-state index in [9.17, 15) is 4.79 Å². The summed E-state index contributed by atoms with van der Waals surface area (Å²) in [7, 11) is 0. The molecule has 152 valence electrons. The molecule has 6 rings (SSSR count). The highest BCUT2D eigenvalue weighted by atomic mass is 16.2. The fraction of sp³-hybridized carbons (Fsp3) is 0.682. The maximum atomic E-state index is 13.1. The van der Waals surface area contributed by atoms with E-state index < -0.39 is 0 Å². The second-order valence-corrected chi connectivity index (χ2v) is 9.28. The summed E-state index contributed by atoms with van der Waals surface area (Å²) < 4.78 is 0. The van der Waals surface area contributed by atoms with Gasteiger partial charge in [0.05, 0.1) is 0 Å². The fourth-order valence-corrected chi connectivity index (χ4v) is 5.76. The van der Waals surface area contributed by atoms with Gasteiger partial charge in [0.15, 0.2) is 0 Å². The molecule has 0 radical (unpaired) electrons. The Morgan fingerprint density at radius 3 is 2.86 bits per heavy atom. The molecule has 0 aromatic heterocycles. The summed E-state index contributed by atoms with van der Waals surface area (Å²) in [4.78, 5) is 17.8. The number of amides is 2. The van der Waals surface area contributed by atoms with Gasteiger partial charge < -0.3 is 10.2 Å². The van der Waals surface area contributed by atoms with Crippen molar-refractivity contribution in [1.29, 1.82) is 0 Å². The molecule has 1 saturated carbocycles. The Balaban J connectivity index is 1.19. The number of hydrazine groups is 1. The lowest BCUT2D eigenvalue weighted by Gasteiger charge is -2.38. The summed E-state index contributed by atoms with van der Waals surface area (Å²) in [5, 5.41) is 3.38. The first kappa shape index (κ1) is 18.4. The summed E-state index contributed by atoms with van der Waals surface area (Å²) in [6.07, 6.45) is 5.75. The molecule has 5 aliphatic rings. The number of rotatable bonds is 3. The van der Waals surface area contributed by atoms with Crippen LogP contribution in [-0.4, -0.2) is 60.1 Å². The first-order chi connectivity index (χ1) is 13.7. The Hall–Kier alpha value is -1.63. The SMILES string of the molecule is O=C(NC1CCC2CNNC2C1)N1C[C@H]2CC[C@@H]1CN(Cc1ccccc1)C2. The number of benzene rings is 1. The highest BCUT2D eigenvalue weighted by molar-refractivity contribution is 5.75. The lowest BCUT2D eigenvalue weighted by Crippen LogP contribution is -2.55. The first-order valence-corrected chi connectivity index (χ1v) is 11.1. The van der Waals surface area contributed by atoms with Crippen molar-refractivity contribution in [3.05, 3.63) is 35.9 Å². The van der Waals surface area contributed by atoms with Crippen LogP contribution in [0.4, 0.5) is 4.79 Å². The molecule has 4 heterocycles. The molecule has 3 unspecified atom stereocenters. The Kier molecular flexibility index (Phi) is 5.26. The monoisotopic (exact) mass is 383 g/mol. The molecule has 5 atom stereocenters. The number of carbonyl (C=O) groups excluding carboxylic acids is 1. The number of hydrogen-bond donors (Lipinski definition) is 3. The van der Waals surface area contributed by atoms with Crippen LogP contribution in [0.3, 0.4) is 0 Å². The fourth-order valence-electron chi connectivity index (χ4n) is 5.76. The standard InChI is InChI=1S/C22H33N5O/c28-22(24-19-8-7-18-11-23-25-21(18)10-19)27-14-17-6-9-20(27)15-26(13-17)12-16-4-2-1-3-5-16/h1-5,17-21,23,25H,6-15H2,(H,24,28)/t17-,18?,19?,20+,21?/m0/s1. The average molecular weight is 384 g/mol. The van der Waals surface area contributed by atoms with Gasteiger partial charge in [-0.3, -0.25) is 15.8 Å². The highest BCUT2D eigenvalue weighted by Crippen LogP contribution is 2.30. The Morgan fingerprint density at radius 2 is 1.96 bits per heavy atom. The lowest BCUT2D eigenvalue weighted by molar-refractivity contribution is 0.133. The predicted octanol–water partition coefficient (Wildman–Crippen LogP) is 1.94. The van der Waals surface area contributed by atoms with Gasteiger partial charge in [-0.1, -0.05) is 30.3 Å². The van der Waals surface area contributed by atoms with Gasteiger partial charge in [0.25, 0.3) is 0 Å². The molecule has 5 fully saturated rings. The topological polar surface area (TPSA) is 59.6 Å². The molecule has 1 aromatic carbocycles. The van der Waals surface area contributed by atoms with E-state index in [4.69, 9.17) is 0 Å². The zero-order valence-corrected chi connectivity index (χ0v) is 16.6. The maximum absolute atomic E-state index is 13.1. The normalized spacial score (nSPS) is 35.4. The maximum Gasteiger partial charge on any atom is 0.317 e. The van der Waals surface area contributed by atoms with E-state index in [1.807, 2.05) is 0 Å². The van der Waals surface area contributed by atoms with Gasteiger partial charge in [0.1, 0.15) is 0 Å². The van der Waals surface area contributed by atoms with Crippen LogP contribution in [0.5, 0.6) is 0 Å². The number of piperidine rings is 1. The molecule has 1 aliphatic carbocycles. The molecule has 6 nitrogen and oxygen atoms in total. The van der Waals surface area contributed by atoms with Crippen LogP contribution in [0.15, 0.2) is 30.3 Å². The van der Waals surface area contributed by atoms with E-state index in [2.05, 4.69) is 56.3 Å². The van der Waals surface area contributed by atoms with E-state index in [-0.39, 0.29) is 6.03 Å². The van der Waals surface area contributed by atoms with Crippen molar-refractivity contribution in [2.45, 2.75) is 56.8 Å². The smallest absolute Gasteiger partial charge is 0.317 e. The van der Waals surface area contributed by atoms with Crippen LogP contribution in [0.25, 0.3) is 0 Å². The molecule has 1 aromatic rings. The van der Waals surface area contributed by atoms with Gasteiger partial charge in [-0.05, 0) is 49.5 Å². The van der Waals surface area contributed by atoms with Crippen molar-refractivity contribution in [3.8, 4) is 0 Å². The average Bonchev–Trinajstić information content (AvgIpc) is 3.00. The van der Waals surface area contributed by atoms with E-state index in [0.717, 1.165) is 57.9 Å². The minimum absolute atomic E-state index is 0.172. The van der Waals surface area contributed by atoms with E-state index in [1.165, 1.54) is 18.4 Å². The summed E-state index contributed by atoms with van der Waals surface area (Å²) in [5.74, 6) is 1.33. The summed E-state index contributed by atoms with van der Waals surface area (Å²) in [6.45, 7) is 5.09. The van der Waals surface area contributed by atoms with Crippen molar-refractivity contribution in [3.63, 3.8) is 0 Å². The zero-order valence-electron chi connectivity index (χ0n) is 16.6. The van der Waals surface area contributed by atoms with Crippen molar-refractivity contribution < 1.29 is 4.79 Å².